The van der Waals surface area contributed by atoms with Crippen LogP contribution in [0, 0.1) is 11.6 Å². The molecule has 1 heterocycles. The zero-order chi connectivity index (χ0) is 20.1. The summed E-state index contributed by atoms with van der Waals surface area (Å²) in [5.41, 5.74) is 1.82. The highest BCUT2D eigenvalue weighted by molar-refractivity contribution is 9.10. The van der Waals surface area contributed by atoms with Crippen LogP contribution in [0.25, 0.3) is 5.69 Å². The van der Waals surface area contributed by atoms with Gasteiger partial charge in [-0.1, -0.05) is 28.1 Å². The van der Waals surface area contributed by atoms with E-state index < -0.39 is 23.5 Å². The van der Waals surface area contributed by atoms with Crippen LogP contribution in [0.4, 0.5) is 8.78 Å². The van der Waals surface area contributed by atoms with Gasteiger partial charge in [-0.15, -0.1) is 5.10 Å². The molecule has 0 fully saturated rings. The molecule has 0 amide bonds. The number of aliphatic hydroxyl groups is 1. The third kappa shape index (κ3) is 5.09. The molecule has 2 N–H and O–H groups in total. The smallest absolute Gasteiger partial charge is 0.190 e. The second-order valence-electron chi connectivity index (χ2n) is 6.14. The van der Waals surface area contributed by atoms with Crippen molar-refractivity contribution in [3.63, 3.8) is 0 Å². The minimum atomic E-state index is -0.939. The Hall–Kier alpha value is -2.43. The molecular formula is C18H18BrF2N5O2. The number of nitrogens with zero attached hydrogens (tertiary/aromatic N) is 4. The van der Waals surface area contributed by atoms with Crippen molar-refractivity contribution < 1.29 is 18.6 Å². The number of halogens is 3. The number of nitrogens with one attached hydrogen (secondary N) is 1. The summed E-state index contributed by atoms with van der Waals surface area (Å²) in [5.74, 6) is -2.17. The fourth-order valence-electron chi connectivity index (χ4n) is 2.53. The first kappa shape index (κ1) is 20.3. The normalized spacial score (nSPS) is 13.3. The van der Waals surface area contributed by atoms with Gasteiger partial charge >= 0.3 is 0 Å². The summed E-state index contributed by atoms with van der Waals surface area (Å²) in [6.07, 6.45) is 0.565. The van der Waals surface area contributed by atoms with Crippen LogP contribution >= 0.6 is 15.9 Å². The fraction of sp³-hybridized carbons (Fsp3) is 0.278. The number of benzene rings is 2. The molecule has 0 aliphatic rings. The van der Waals surface area contributed by atoms with E-state index in [0.29, 0.717) is 0 Å². The second kappa shape index (κ2) is 9.18. The standard InChI is InChI=1S/C18H18BrF2N5O2/c1-11(12-2-4-14(5-3-12)26-10-23-24-25-26)22-8-15(27)9-28-18-16(20)6-13(19)7-17(18)21/h2-7,10-11,15,22,27H,8-9H2,1H3. The lowest BCUT2D eigenvalue weighted by atomic mass is 10.1. The Morgan fingerprint density at radius 2 is 1.89 bits per heavy atom. The number of ether oxygens (including phenoxy) is 1. The molecule has 28 heavy (non-hydrogen) atoms. The summed E-state index contributed by atoms with van der Waals surface area (Å²) in [6, 6.07) is 9.74. The molecule has 0 saturated heterocycles. The highest BCUT2D eigenvalue weighted by Crippen LogP contribution is 2.26. The van der Waals surface area contributed by atoms with Gasteiger partial charge in [0.1, 0.15) is 19.0 Å². The maximum atomic E-state index is 13.7. The summed E-state index contributed by atoms with van der Waals surface area (Å²) in [5, 5.41) is 24.2. The first-order valence-electron chi connectivity index (χ1n) is 8.46. The van der Waals surface area contributed by atoms with Crippen molar-refractivity contribution in [1.82, 2.24) is 25.5 Å². The van der Waals surface area contributed by atoms with Crippen LogP contribution in [-0.2, 0) is 0 Å². The molecule has 0 spiro atoms. The lowest BCUT2D eigenvalue weighted by Crippen LogP contribution is -2.33. The highest BCUT2D eigenvalue weighted by Gasteiger charge is 2.15. The van der Waals surface area contributed by atoms with E-state index in [-0.39, 0.29) is 23.7 Å². The molecule has 0 radical (unpaired) electrons. The van der Waals surface area contributed by atoms with E-state index in [2.05, 4.69) is 36.8 Å². The predicted octanol–water partition coefficient (Wildman–Crippen LogP) is 2.79. The van der Waals surface area contributed by atoms with E-state index >= 15 is 0 Å². The second-order valence-corrected chi connectivity index (χ2v) is 7.05. The number of hydrogen-bond donors (Lipinski definition) is 2. The lowest BCUT2D eigenvalue weighted by Gasteiger charge is -2.18. The first-order chi connectivity index (χ1) is 13.4. The third-order valence-corrected chi connectivity index (χ3v) is 4.51. The van der Waals surface area contributed by atoms with Gasteiger partial charge in [0.15, 0.2) is 17.4 Å². The Bertz CT molecular complexity index is 886. The predicted molar refractivity (Wildman–Crippen MR) is 101 cm³/mol. The quantitative estimate of drug-likeness (QED) is 0.545. The molecule has 7 nitrogen and oxygen atoms in total. The fourth-order valence-corrected chi connectivity index (χ4v) is 2.93. The number of aliphatic hydroxyl groups excluding tert-OH is 1. The molecule has 0 aliphatic heterocycles. The minimum absolute atomic E-state index is 0.0567. The van der Waals surface area contributed by atoms with E-state index in [0.717, 1.165) is 23.4 Å². The van der Waals surface area contributed by atoms with E-state index in [9.17, 15) is 13.9 Å². The highest BCUT2D eigenvalue weighted by atomic mass is 79.9. The van der Waals surface area contributed by atoms with Gasteiger partial charge in [-0.3, -0.25) is 0 Å². The number of rotatable bonds is 8. The zero-order valence-electron chi connectivity index (χ0n) is 14.9. The average molecular weight is 454 g/mol. The number of hydrogen-bond acceptors (Lipinski definition) is 6. The molecule has 2 atom stereocenters. The van der Waals surface area contributed by atoms with Crippen LogP contribution in [0.5, 0.6) is 5.75 Å². The first-order valence-corrected chi connectivity index (χ1v) is 9.25. The van der Waals surface area contributed by atoms with E-state index in [1.807, 2.05) is 31.2 Å². The summed E-state index contributed by atoms with van der Waals surface area (Å²) in [7, 11) is 0. The largest absolute Gasteiger partial charge is 0.485 e. The number of tetrazole rings is 1. The molecule has 0 bridgehead atoms. The van der Waals surface area contributed by atoms with Gasteiger partial charge in [0.05, 0.1) is 5.69 Å². The zero-order valence-corrected chi connectivity index (χ0v) is 16.5. The maximum Gasteiger partial charge on any atom is 0.190 e. The molecule has 1 aromatic heterocycles. The Morgan fingerprint density at radius 1 is 1.21 bits per heavy atom. The molecule has 0 aliphatic carbocycles. The molecule has 3 aromatic rings. The Morgan fingerprint density at radius 3 is 2.50 bits per heavy atom. The Kier molecular flexibility index (Phi) is 6.65. The van der Waals surface area contributed by atoms with Crippen molar-refractivity contribution in [3.05, 3.63) is 64.4 Å². The van der Waals surface area contributed by atoms with Crippen LogP contribution in [0.1, 0.15) is 18.5 Å². The molecule has 2 aromatic carbocycles. The molecule has 3 rings (SSSR count). The summed E-state index contributed by atoms with van der Waals surface area (Å²) in [4.78, 5) is 0. The SMILES string of the molecule is CC(NCC(O)COc1c(F)cc(Br)cc1F)c1ccc(-n2cnnn2)cc1. The van der Waals surface area contributed by atoms with Crippen molar-refractivity contribution in [2.45, 2.75) is 19.1 Å². The van der Waals surface area contributed by atoms with Crippen molar-refractivity contribution >= 4 is 15.9 Å². The van der Waals surface area contributed by atoms with Gasteiger partial charge in [0.25, 0.3) is 0 Å². The van der Waals surface area contributed by atoms with Crippen molar-refractivity contribution in [3.8, 4) is 11.4 Å². The van der Waals surface area contributed by atoms with Crippen molar-refractivity contribution in [1.29, 1.82) is 0 Å². The van der Waals surface area contributed by atoms with Gasteiger partial charge in [0.2, 0.25) is 0 Å². The summed E-state index contributed by atoms with van der Waals surface area (Å²) < 4.78 is 34.4. The summed E-state index contributed by atoms with van der Waals surface area (Å²) >= 11 is 3.00. The summed E-state index contributed by atoms with van der Waals surface area (Å²) in [6.45, 7) is 1.89. The van der Waals surface area contributed by atoms with Crippen LogP contribution < -0.4 is 10.1 Å². The monoisotopic (exact) mass is 453 g/mol. The van der Waals surface area contributed by atoms with Gasteiger partial charge in [0, 0.05) is 17.1 Å². The van der Waals surface area contributed by atoms with Gasteiger partial charge < -0.3 is 15.2 Å². The van der Waals surface area contributed by atoms with Gasteiger partial charge in [-0.2, -0.15) is 0 Å². The van der Waals surface area contributed by atoms with Crippen molar-refractivity contribution in [2.24, 2.45) is 0 Å². The minimum Gasteiger partial charge on any atom is -0.485 e. The van der Waals surface area contributed by atoms with Crippen LogP contribution in [0.15, 0.2) is 47.2 Å². The van der Waals surface area contributed by atoms with Crippen LogP contribution in [0.2, 0.25) is 0 Å². The van der Waals surface area contributed by atoms with Gasteiger partial charge in [-0.25, -0.2) is 13.5 Å². The topological polar surface area (TPSA) is 85.1 Å². The van der Waals surface area contributed by atoms with Crippen LogP contribution in [-0.4, -0.2) is 44.6 Å². The average Bonchev–Trinajstić information content (AvgIpc) is 3.20. The molecule has 10 heteroatoms. The van der Waals surface area contributed by atoms with E-state index in [4.69, 9.17) is 4.74 Å². The van der Waals surface area contributed by atoms with Gasteiger partial charge in [-0.05, 0) is 47.2 Å². The Balaban J connectivity index is 1.49. The van der Waals surface area contributed by atoms with Crippen molar-refractivity contribution in [2.75, 3.05) is 13.2 Å². The molecule has 148 valence electrons. The molecular weight excluding hydrogens is 436 g/mol. The van der Waals surface area contributed by atoms with E-state index in [1.165, 1.54) is 6.33 Å². The Labute approximate surface area is 168 Å². The number of aromatic nitrogens is 4. The van der Waals surface area contributed by atoms with Crippen LogP contribution in [0.3, 0.4) is 0 Å². The molecule has 2 unspecified atom stereocenters. The van der Waals surface area contributed by atoms with E-state index in [1.54, 1.807) is 4.68 Å². The third-order valence-electron chi connectivity index (χ3n) is 4.05. The lowest BCUT2D eigenvalue weighted by molar-refractivity contribution is 0.0993. The maximum absolute atomic E-state index is 13.7. The molecule has 0 saturated carbocycles.